The molecule has 0 unspecified atom stereocenters. The minimum Gasteiger partial charge on any atom is -0.311 e. The van der Waals surface area contributed by atoms with Crippen molar-refractivity contribution >= 4 is 78.0 Å². The Morgan fingerprint density at radius 3 is 1.69 bits per heavy atom. The molecule has 2 aliphatic heterocycles. The van der Waals surface area contributed by atoms with Gasteiger partial charge < -0.3 is 9.80 Å². The summed E-state index contributed by atoms with van der Waals surface area (Å²) in [6.07, 6.45) is 0. The monoisotopic (exact) mass is 854 g/mol. The largest absolute Gasteiger partial charge is 0.311 e. The van der Waals surface area contributed by atoms with E-state index in [0.29, 0.717) is 0 Å². The van der Waals surface area contributed by atoms with Crippen molar-refractivity contribution in [3.8, 4) is 22.3 Å². The van der Waals surface area contributed by atoms with E-state index in [4.69, 9.17) is 0 Å². The van der Waals surface area contributed by atoms with Crippen LogP contribution in [-0.4, -0.2) is 6.71 Å². The summed E-state index contributed by atoms with van der Waals surface area (Å²) in [6.45, 7) is 18.5. The molecule has 65 heavy (non-hydrogen) atoms. The van der Waals surface area contributed by atoms with Crippen molar-refractivity contribution in [2.75, 3.05) is 9.80 Å². The summed E-state index contributed by atoms with van der Waals surface area (Å²) in [6, 6.07) is 63.6. The Morgan fingerprint density at radius 1 is 0.462 bits per heavy atom. The van der Waals surface area contributed by atoms with Crippen molar-refractivity contribution in [3.05, 3.63) is 208 Å². The van der Waals surface area contributed by atoms with Crippen LogP contribution in [0.4, 0.5) is 34.1 Å². The predicted octanol–water partition coefficient (Wildman–Crippen LogP) is 14.5. The average molecular weight is 855 g/mol. The van der Waals surface area contributed by atoms with Crippen LogP contribution in [0.2, 0.25) is 0 Å². The number of aryl methyl sites for hydroxylation is 2. The first-order chi connectivity index (χ1) is 31.3. The van der Waals surface area contributed by atoms with E-state index in [2.05, 4.69) is 229 Å². The first-order valence-electron chi connectivity index (χ1n) is 23.3. The molecule has 0 saturated heterocycles. The van der Waals surface area contributed by atoms with Crippen LogP contribution in [0, 0.1) is 13.8 Å². The molecule has 0 amide bonds. The summed E-state index contributed by atoms with van der Waals surface area (Å²) in [5, 5.41) is 1.32. The molecule has 0 saturated carbocycles. The molecule has 0 atom stereocenters. The lowest BCUT2D eigenvalue weighted by molar-refractivity contribution is 0.588. The molecule has 13 rings (SSSR count). The fourth-order valence-electron chi connectivity index (χ4n) is 12.0. The molecule has 3 heterocycles. The van der Waals surface area contributed by atoms with E-state index < -0.39 is 5.41 Å². The maximum Gasteiger partial charge on any atom is 0.264 e. The molecule has 1 spiro atoms. The molecule has 4 aliphatic rings. The maximum atomic E-state index is 2.63. The number of anilines is 6. The average Bonchev–Trinajstić information content (AvgIpc) is 3.91. The lowest BCUT2D eigenvalue weighted by Gasteiger charge is -2.43. The van der Waals surface area contributed by atoms with E-state index in [1.54, 1.807) is 0 Å². The fourth-order valence-corrected chi connectivity index (χ4v) is 13.4. The first-order valence-corrected chi connectivity index (χ1v) is 24.1. The number of benzene rings is 8. The van der Waals surface area contributed by atoms with E-state index in [1.807, 2.05) is 11.3 Å². The number of nitrogens with zero attached hydrogens (tertiary/aromatic N) is 2. The Kier molecular flexibility index (Phi) is 7.91. The second kappa shape index (κ2) is 13.2. The molecule has 2 nitrogen and oxygen atoms in total. The van der Waals surface area contributed by atoms with E-state index >= 15 is 0 Å². The summed E-state index contributed by atoms with van der Waals surface area (Å²) in [7, 11) is 0. The second-order valence-corrected chi connectivity index (χ2v) is 22.2. The van der Waals surface area contributed by atoms with Gasteiger partial charge in [-0.2, -0.15) is 0 Å². The molecule has 4 heteroatoms. The zero-order valence-electron chi connectivity index (χ0n) is 38.5. The molecule has 0 fully saturated rings. The van der Waals surface area contributed by atoms with Crippen LogP contribution in [0.25, 0.3) is 32.3 Å². The van der Waals surface area contributed by atoms with Crippen LogP contribution in [0.5, 0.6) is 0 Å². The number of rotatable bonds is 2. The van der Waals surface area contributed by atoms with Gasteiger partial charge in [-0.25, -0.2) is 0 Å². The van der Waals surface area contributed by atoms with Crippen molar-refractivity contribution in [2.45, 2.75) is 71.6 Å². The van der Waals surface area contributed by atoms with Gasteiger partial charge in [0, 0.05) is 43.3 Å². The van der Waals surface area contributed by atoms with E-state index in [9.17, 15) is 0 Å². The van der Waals surface area contributed by atoms with Gasteiger partial charge in [0.15, 0.2) is 0 Å². The van der Waals surface area contributed by atoms with Crippen molar-refractivity contribution in [1.82, 2.24) is 0 Å². The van der Waals surface area contributed by atoms with Crippen LogP contribution >= 0.6 is 11.3 Å². The van der Waals surface area contributed by atoms with E-state index in [1.165, 1.54) is 127 Å². The van der Waals surface area contributed by atoms with Gasteiger partial charge in [0.25, 0.3) is 6.71 Å². The molecule has 1 aromatic heterocycles. The zero-order chi connectivity index (χ0) is 44.3. The Balaban J connectivity index is 1.14. The van der Waals surface area contributed by atoms with E-state index in [-0.39, 0.29) is 17.5 Å². The fraction of sp³-hybridized carbons (Fsp3) is 0.180. The van der Waals surface area contributed by atoms with Gasteiger partial charge in [-0.3, -0.25) is 0 Å². The highest BCUT2D eigenvalue weighted by Gasteiger charge is 2.53. The molecule has 0 radical (unpaired) electrons. The second-order valence-electron chi connectivity index (χ2n) is 21.1. The van der Waals surface area contributed by atoms with Gasteiger partial charge in [0.05, 0.1) is 11.1 Å². The molecule has 314 valence electrons. The standard InChI is InChI=1S/C61H51BN2S/c1-36-21-26-40(27-22-36)63-52-20-14-13-19-51(52)62-56-53(63)31-37(2)32-54(56)64(41-28-23-38(24-29-41)59(3,4)5)57-46-34-45-44-30-25-39(60(6,7)8)33-49(44)61(50(45)35-55(46)65-58(57)62)47-17-11-9-15-42(47)43-16-10-12-18-48(43)61/h9-35H,1-8H3. The number of thiophene rings is 1. The van der Waals surface area contributed by atoms with Gasteiger partial charge >= 0.3 is 0 Å². The summed E-state index contributed by atoms with van der Waals surface area (Å²) in [4.78, 5) is 5.15. The lowest BCUT2D eigenvalue weighted by atomic mass is 9.36. The Morgan fingerprint density at radius 2 is 1.02 bits per heavy atom. The van der Waals surface area contributed by atoms with Crippen LogP contribution < -0.4 is 25.5 Å². The van der Waals surface area contributed by atoms with Gasteiger partial charge in [-0.1, -0.05) is 156 Å². The van der Waals surface area contributed by atoms with E-state index in [0.717, 1.165) is 0 Å². The normalized spacial score (nSPS) is 14.8. The predicted molar refractivity (Wildman–Crippen MR) is 279 cm³/mol. The number of para-hydroxylation sites is 1. The Hall–Kier alpha value is -6.62. The van der Waals surface area contributed by atoms with Crippen molar-refractivity contribution in [3.63, 3.8) is 0 Å². The zero-order valence-corrected chi connectivity index (χ0v) is 39.3. The molecule has 2 aliphatic carbocycles. The third kappa shape index (κ3) is 5.23. The Bertz CT molecular complexity index is 3440. The SMILES string of the molecule is Cc1ccc(N2c3ccccc3B3c4sc5cc6c(cc5c4N(c4ccc(C(C)(C)C)cc4)c4cc(C)cc2c43)-c2ccc(C(C)(C)C)cc2C62c3ccccc3-c3ccccc32)cc1. The van der Waals surface area contributed by atoms with Crippen LogP contribution in [0.3, 0.4) is 0 Å². The molecule has 0 N–H and O–H groups in total. The molecular weight excluding hydrogens is 804 g/mol. The van der Waals surface area contributed by atoms with Gasteiger partial charge in [0.1, 0.15) is 0 Å². The van der Waals surface area contributed by atoms with Crippen molar-refractivity contribution in [1.29, 1.82) is 0 Å². The third-order valence-electron chi connectivity index (χ3n) is 15.1. The van der Waals surface area contributed by atoms with Crippen LogP contribution in [-0.2, 0) is 16.2 Å². The summed E-state index contributed by atoms with van der Waals surface area (Å²) in [5.74, 6) is 0. The molecule has 0 bridgehead atoms. The number of hydrogen-bond acceptors (Lipinski definition) is 3. The summed E-state index contributed by atoms with van der Waals surface area (Å²) >= 11 is 2.01. The van der Waals surface area contributed by atoms with Crippen LogP contribution in [0.1, 0.15) is 86.1 Å². The topological polar surface area (TPSA) is 6.48 Å². The lowest BCUT2D eigenvalue weighted by Crippen LogP contribution is -2.60. The highest BCUT2D eigenvalue weighted by atomic mass is 32.1. The molecule has 8 aromatic carbocycles. The van der Waals surface area contributed by atoms with Crippen LogP contribution in [0.15, 0.2) is 164 Å². The molecule has 9 aromatic rings. The minimum atomic E-state index is -0.431. The minimum absolute atomic E-state index is 0.000785. The molecular formula is C61H51BN2S. The van der Waals surface area contributed by atoms with Crippen molar-refractivity contribution < 1.29 is 0 Å². The van der Waals surface area contributed by atoms with Gasteiger partial charge in [0.2, 0.25) is 0 Å². The highest BCUT2D eigenvalue weighted by molar-refractivity contribution is 7.33. The quantitative estimate of drug-likeness (QED) is 0.160. The summed E-state index contributed by atoms with van der Waals surface area (Å²) < 4.78 is 2.74. The Labute approximate surface area is 387 Å². The number of fused-ring (bicyclic) bond motifs is 16. The maximum absolute atomic E-state index is 2.63. The third-order valence-corrected chi connectivity index (χ3v) is 16.3. The smallest absolute Gasteiger partial charge is 0.264 e. The van der Waals surface area contributed by atoms with Crippen molar-refractivity contribution in [2.24, 2.45) is 0 Å². The van der Waals surface area contributed by atoms with Gasteiger partial charge in [-0.15, -0.1) is 11.3 Å². The first kappa shape index (κ1) is 38.8. The van der Waals surface area contributed by atoms with Gasteiger partial charge in [-0.05, 0) is 151 Å². The highest BCUT2D eigenvalue weighted by Crippen LogP contribution is 2.64. The number of hydrogen-bond donors (Lipinski definition) is 0. The summed E-state index contributed by atoms with van der Waals surface area (Å²) in [5.41, 5.74) is 26.0.